The molecular formula is C28H42NO6P. The molecule has 7 atom stereocenters. The van der Waals surface area contributed by atoms with Gasteiger partial charge in [-0.2, -0.15) is 0 Å². The van der Waals surface area contributed by atoms with Crippen LogP contribution < -0.4 is 4.89 Å². The highest BCUT2D eigenvalue weighted by Crippen LogP contribution is 2.66. The first kappa shape index (κ1) is 26.4. The number of rotatable bonds is 7. The molecule has 7 unspecified atom stereocenters. The van der Waals surface area contributed by atoms with Gasteiger partial charge in [-0.3, -0.25) is 4.57 Å². The molecule has 0 saturated heterocycles. The highest BCUT2D eigenvalue weighted by Gasteiger charge is 2.57. The monoisotopic (exact) mass is 519 g/mol. The standard InChI is InChI=1S/C28H42NO6P/c1-27-12-10-21(35-36(31,32)34-15-14-29(3,4)5)17-20(27)6-7-22-24-9-8-23(19-16-26(30)33-18-19)28(24,2)13-11-25(22)27/h6,8,16,21-22,24-25H,7,9-15,17-18H2,1-5H3. The van der Waals surface area contributed by atoms with Crippen molar-refractivity contribution < 1.29 is 32.5 Å². The molecule has 0 aromatic rings. The quantitative estimate of drug-likeness (QED) is 0.212. The average Bonchev–Trinajstić information content (AvgIpc) is 3.35. The lowest BCUT2D eigenvalue weighted by molar-refractivity contribution is -0.870. The summed E-state index contributed by atoms with van der Waals surface area (Å²) in [5, 5.41) is 0. The second-order valence-electron chi connectivity index (χ2n) is 13.1. The zero-order valence-corrected chi connectivity index (χ0v) is 23.4. The molecule has 2 saturated carbocycles. The predicted molar refractivity (Wildman–Crippen MR) is 136 cm³/mol. The van der Waals surface area contributed by atoms with E-state index in [2.05, 4.69) is 26.0 Å². The Hall–Kier alpha value is -1.24. The minimum Gasteiger partial charge on any atom is -0.756 e. The lowest BCUT2D eigenvalue weighted by atomic mass is 9.47. The van der Waals surface area contributed by atoms with E-state index in [0.29, 0.717) is 41.8 Å². The van der Waals surface area contributed by atoms with Crippen molar-refractivity contribution in [2.45, 2.75) is 64.9 Å². The molecule has 1 aliphatic heterocycles. The van der Waals surface area contributed by atoms with Crippen LogP contribution in [0.2, 0.25) is 0 Å². The summed E-state index contributed by atoms with van der Waals surface area (Å²) in [6, 6.07) is 0. The van der Waals surface area contributed by atoms with Crippen molar-refractivity contribution in [3.8, 4) is 0 Å². The first-order valence-electron chi connectivity index (χ1n) is 13.5. The molecule has 0 bridgehead atoms. The topological polar surface area (TPSA) is 84.9 Å². The highest BCUT2D eigenvalue weighted by atomic mass is 31.2. The minimum atomic E-state index is -4.32. The Morgan fingerprint density at radius 1 is 1.11 bits per heavy atom. The summed E-state index contributed by atoms with van der Waals surface area (Å²) < 4.78 is 29.1. The van der Waals surface area contributed by atoms with Gasteiger partial charge in [-0.05, 0) is 79.1 Å². The number of phosphoric ester groups is 1. The third-order valence-corrected chi connectivity index (χ3v) is 11.0. The largest absolute Gasteiger partial charge is 0.756 e. The molecule has 1 heterocycles. The number of allylic oxidation sites excluding steroid dienone is 2. The Bertz CT molecular complexity index is 1060. The minimum absolute atomic E-state index is 0.0933. The Morgan fingerprint density at radius 2 is 1.86 bits per heavy atom. The number of carbonyl (C=O) groups excluding carboxylic acids is 1. The van der Waals surface area contributed by atoms with Crippen molar-refractivity contribution in [3.05, 3.63) is 34.9 Å². The number of ether oxygens (including phenoxy) is 1. The molecule has 0 N–H and O–H groups in total. The molecule has 8 heteroatoms. The van der Waals surface area contributed by atoms with Gasteiger partial charge in [0.05, 0.1) is 27.2 Å². The number of likely N-dealkylation sites (N-methyl/N-ethyl adjacent to an activating group) is 1. The van der Waals surface area contributed by atoms with Gasteiger partial charge < -0.3 is 23.2 Å². The molecule has 0 spiro atoms. The number of nitrogens with zero attached hydrogens (tertiary/aromatic N) is 1. The molecule has 200 valence electrons. The second kappa shape index (κ2) is 9.20. The molecule has 4 aliphatic carbocycles. The van der Waals surface area contributed by atoms with Crippen molar-refractivity contribution in [2.75, 3.05) is 40.9 Å². The van der Waals surface area contributed by atoms with Crippen LogP contribution in [-0.2, 0) is 23.1 Å². The van der Waals surface area contributed by atoms with Crippen molar-refractivity contribution in [2.24, 2.45) is 28.6 Å². The summed E-state index contributed by atoms with van der Waals surface area (Å²) in [7, 11) is 1.68. The maximum absolute atomic E-state index is 12.5. The smallest absolute Gasteiger partial charge is 0.331 e. The zero-order chi connectivity index (χ0) is 25.9. The van der Waals surface area contributed by atoms with E-state index in [1.165, 1.54) is 11.1 Å². The first-order chi connectivity index (χ1) is 16.8. The normalized spacial score (nSPS) is 39.7. The molecule has 7 nitrogen and oxygen atoms in total. The van der Waals surface area contributed by atoms with Crippen LogP contribution in [0.3, 0.4) is 0 Å². The van der Waals surface area contributed by atoms with E-state index in [-0.39, 0.29) is 29.5 Å². The van der Waals surface area contributed by atoms with Crippen LogP contribution >= 0.6 is 7.82 Å². The Balaban J connectivity index is 1.26. The third kappa shape index (κ3) is 4.82. The zero-order valence-electron chi connectivity index (χ0n) is 22.5. The van der Waals surface area contributed by atoms with Crippen LogP contribution in [0, 0.1) is 28.6 Å². The first-order valence-corrected chi connectivity index (χ1v) is 15.0. The Labute approximate surface area is 215 Å². The van der Waals surface area contributed by atoms with E-state index in [4.69, 9.17) is 13.8 Å². The van der Waals surface area contributed by atoms with Crippen LogP contribution in [0.5, 0.6) is 0 Å². The van der Waals surface area contributed by atoms with Crippen molar-refractivity contribution in [1.29, 1.82) is 0 Å². The number of hydrogen-bond donors (Lipinski definition) is 0. The summed E-state index contributed by atoms with van der Waals surface area (Å²) in [6.45, 7) is 5.94. The molecule has 0 aromatic heterocycles. The molecule has 36 heavy (non-hydrogen) atoms. The van der Waals surface area contributed by atoms with Gasteiger partial charge in [-0.15, -0.1) is 0 Å². The molecule has 0 aromatic carbocycles. The van der Waals surface area contributed by atoms with Gasteiger partial charge in [-0.1, -0.05) is 31.6 Å². The lowest BCUT2D eigenvalue weighted by Crippen LogP contribution is -2.50. The number of phosphoric acid groups is 1. The van der Waals surface area contributed by atoms with E-state index in [9.17, 15) is 14.3 Å². The van der Waals surface area contributed by atoms with Crippen LogP contribution in [0.25, 0.3) is 0 Å². The average molecular weight is 520 g/mol. The van der Waals surface area contributed by atoms with Gasteiger partial charge in [0.15, 0.2) is 0 Å². The number of fused-ring (bicyclic) bond motifs is 5. The summed E-state index contributed by atoms with van der Waals surface area (Å²) >= 11 is 0. The molecule has 2 fully saturated rings. The highest BCUT2D eigenvalue weighted by molar-refractivity contribution is 7.45. The third-order valence-electron chi connectivity index (χ3n) is 9.94. The Kier molecular flexibility index (Phi) is 6.74. The number of esters is 1. The van der Waals surface area contributed by atoms with E-state index >= 15 is 0 Å². The van der Waals surface area contributed by atoms with Crippen LogP contribution in [-0.4, -0.2) is 57.5 Å². The number of hydrogen-bond acceptors (Lipinski definition) is 6. The van der Waals surface area contributed by atoms with Gasteiger partial charge in [0, 0.05) is 11.6 Å². The SMILES string of the molecule is CC12CCC(OP(=O)([O-])OCC[N+](C)(C)C)CC1=CCC1C2CCC2(C)C(C3=CC(=O)OC3)=CCC12. The molecule has 0 amide bonds. The Morgan fingerprint density at radius 3 is 2.56 bits per heavy atom. The maximum Gasteiger partial charge on any atom is 0.331 e. The molecular weight excluding hydrogens is 477 g/mol. The van der Waals surface area contributed by atoms with Gasteiger partial charge in [0.1, 0.15) is 19.8 Å². The summed E-state index contributed by atoms with van der Waals surface area (Å²) in [5.41, 5.74) is 3.98. The van der Waals surface area contributed by atoms with Gasteiger partial charge in [0.25, 0.3) is 7.82 Å². The van der Waals surface area contributed by atoms with E-state index in [1.807, 2.05) is 21.1 Å². The van der Waals surface area contributed by atoms with E-state index < -0.39 is 7.82 Å². The van der Waals surface area contributed by atoms with Gasteiger partial charge in [0.2, 0.25) is 0 Å². The number of quaternary nitrogens is 1. The number of cyclic esters (lactones) is 1. The van der Waals surface area contributed by atoms with E-state index in [1.54, 1.807) is 6.08 Å². The molecule has 0 radical (unpaired) electrons. The maximum atomic E-state index is 12.5. The second-order valence-corrected chi connectivity index (χ2v) is 14.5. The van der Waals surface area contributed by atoms with Gasteiger partial charge >= 0.3 is 5.97 Å². The molecule has 5 aliphatic rings. The summed E-state index contributed by atoms with van der Waals surface area (Å²) in [5.74, 6) is 1.55. The van der Waals surface area contributed by atoms with E-state index in [0.717, 1.165) is 44.1 Å². The van der Waals surface area contributed by atoms with Crippen molar-refractivity contribution >= 4 is 13.8 Å². The van der Waals surface area contributed by atoms with Crippen LogP contribution in [0.4, 0.5) is 0 Å². The molecule has 5 rings (SSSR count). The van der Waals surface area contributed by atoms with Gasteiger partial charge in [-0.25, -0.2) is 4.79 Å². The fourth-order valence-electron chi connectivity index (χ4n) is 7.95. The van der Waals surface area contributed by atoms with Crippen molar-refractivity contribution in [3.63, 3.8) is 0 Å². The van der Waals surface area contributed by atoms with Crippen LogP contribution in [0.15, 0.2) is 34.9 Å². The fraction of sp³-hybridized carbons (Fsp3) is 0.750. The lowest BCUT2D eigenvalue weighted by Gasteiger charge is -2.58. The van der Waals surface area contributed by atoms with Crippen molar-refractivity contribution in [1.82, 2.24) is 0 Å². The fourth-order valence-corrected chi connectivity index (χ4v) is 8.86. The summed E-state index contributed by atoms with van der Waals surface area (Å²) in [4.78, 5) is 24.2. The number of carbonyl (C=O) groups is 1. The van der Waals surface area contributed by atoms with Crippen LogP contribution in [0.1, 0.15) is 58.8 Å². The predicted octanol–water partition coefficient (Wildman–Crippen LogP) is 4.55. The summed E-state index contributed by atoms with van der Waals surface area (Å²) in [6.07, 6.45) is 12.8.